The normalized spacial score (nSPS) is 43.4. The van der Waals surface area contributed by atoms with Crippen LogP contribution in [-0.2, 0) is 58.2 Å². The van der Waals surface area contributed by atoms with E-state index in [4.69, 9.17) is 0 Å². The van der Waals surface area contributed by atoms with Crippen LogP contribution >= 0.6 is 0 Å². The Balaban J connectivity index is 0.000000110. The zero-order valence-corrected chi connectivity index (χ0v) is 87.0. The summed E-state index contributed by atoms with van der Waals surface area (Å²) in [6.45, 7) is 37.9. The zero-order valence-electron chi connectivity index (χ0n) is 87.0. The molecule has 4 aromatic carbocycles. The number of nitrogens with zero attached hydrogens (tertiary/aromatic N) is 12. The van der Waals surface area contributed by atoms with Crippen LogP contribution in [0.15, 0.2) is 72.8 Å². The highest BCUT2D eigenvalue weighted by Crippen LogP contribution is 2.74. The minimum absolute atomic E-state index is 0.116. The molecule has 748 valence electrons. The van der Waals surface area contributed by atoms with Crippen molar-refractivity contribution >= 4 is 67.3 Å². The molecule has 0 aliphatic heterocycles. The van der Waals surface area contributed by atoms with Crippen molar-refractivity contribution in [3.05, 3.63) is 95.1 Å². The van der Waals surface area contributed by atoms with Gasteiger partial charge < -0.3 is 20.4 Å². The maximum Gasteiger partial charge on any atom is 0.159 e. The number of benzene rings is 4. The van der Waals surface area contributed by atoms with Gasteiger partial charge in [0.25, 0.3) is 0 Å². The van der Waals surface area contributed by atoms with Crippen LogP contribution in [0, 0.1) is 176 Å². The van der Waals surface area contributed by atoms with Gasteiger partial charge in [-0.05, 0) is 494 Å². The first-order chi connectivity index (χ1) is 65.5. The Bertz CT molecular complexity index is 5930. The van der Waals surface area contributed by atoms with Crippen molar-refractivity contribution in [2.24, 2.45) is 162 Å². The van der Waals surface area contributed by atoms with Crippen LogP contribution in [0.4, 0.5) is 0 Å². The number of carbonyl (C=O) groups excluding carboxylic acids is 4. The molecule has 20 nitrogen and oxygen atoms in total. The van der Waals surface area contributed by atoms with E-state index in [9.17, 15) is 39.6 Å². The Kier molecular flexibility index (Phi) is 24.9. The molecule has 0 radical (unpaired) electrons. The van der Waals surface area contributed by atoms with Gasteiger partial charge in [-0.25, -0.2) is 14.0 Å². The van der Waals surface area contributed by atoms with Gasteiger partial charge in [0.15, 0.2) is 23.1 Å². The number of fused-ring (bicyclic) bond motifs is 24. The average molecular weight is 1880 g/mol. The van der Waals surface area contributed by atoms with Crippen molar-refractivity contribution < 1.29 is 39.6 Å². The maximum atomic E-state index is 13.8. The molecule has 0 bridgehead atoms. The summed E-state index contributed by atoms with van der Waals surface area (Å²) in [7, 11) is 0. The highest BCUT2D eigenvalue weighted by Gasteiger charge is 2.68. The second-order valence-corrected chi connectivity index (χ2v) is 53.3. The second kappa shape index (κ2) is 35.5. The highest BCUT2D eigenvalue weighted by molar-refractivity contribution is 5.87. The number of aryl methyl sites for hydroxylation is 4. The van der Waals surface area contributed by atoms with Gasteiger partial charge in [-0.2, -0.15) is 15.0 Å². The molecular weight excluding hydrogens is 1710 g/mol. The van der Waals surface area contributed by atoms with Gasteiger partial charge in [0.05, 0.1) is 39.0 Å². The average Bonchev–Trinajstić information content (AvgIpc) is 1.35. The van der Waals surface area contributed by atoms with Gasteiger partial charge in [0.2, 0.25) is 0 Å². The van der Waals surface area contributed by atoms with Crippen LogP contribution in [0.2, 0.25) is 0 Å². The smallest absolute Gasteiger partial charge is 0.159 e. The van der Waals surface area contributed by atoms with Crippen molar-refractivity contribution in [2.45, 2.75) is 403 Å². The summed E-state index contributed by atoms with van der Waals surface area (Å²) in [5.41, 5.74) is 12.2. The Labute approximate surface area is 822 Å². The molecule has 20 heteroatoms. The van der Waals surface area contributed by atoms with Crippen molar-refractivity contribution in [1.29, 1.82) is 0 Å². The molecule has 138 heavy (non-hydrogen) atoms. The summed E-state index contributed by atoms with van der Waals surface area (Å²) in [5.74, 6) is 13.2. The number of Topliss-reactive ketones (excluding diaryl/α,β-unsaturated/α-hetero) is 4. The van der Waals surface area contributed by atoms with Crippen LogP contribution < -0.4 is 0 Å². The molecule has 16 fully saturated rings. The van der Waals surface area contributed by atoms with Gasteiger partial charge in [-0.15, -0.1) is 15.3 Å². The summed E-state index contributed by atoms with van der Waals surface area (Å²) in [4.78, 5) is 56.5. The lowest BCUT2D eigenvalue weighted by molar-refractivity contribution is -0.151. The van der Waals surface area contributed by atoms with Crippen LogP contribution in [-0.4, -0.2) is 126 Å². The molecule has 24 rings (SSSR count). The van der Waals surface area contributed by atoms with Gasteiger partial charge in [0.1, 0.15) is 53.8 Å². The standard InChI is InChI=1S/2C30H43N3O2.2C29H41N3O2/c1-5-19-6-11-26-25(16-19)31-32-33(26)18-27(34)24-10-9-22-21-8-7-20-17-28(2,35)14-15-29(20,3)23(21)12-13-30(22,24)4;1-5-19-6-11-25-26(16-19)33(32-31-25)18-27(34)24-10-9-22-21-8-7-20-17-28(2,35)14-15-29(20,3)23(21)12-13-30(22,24)4;1-18-5-10-24-25(15-18)32(31-30-24)17-26(33)23-9-8-21-20-7-6-19-16-27(2,34)13-14-28(19,3)22(20)11-12-29(21,23)4;1-18-5-10-24-25(15-18)31-32(30-24)17-26(33)23-9-8-21-20-7-6-19-16-27(2,34)13-14-28(19,3)22(20)11-12-29(21,23)4/h2*6,11,16,20-24,35H,5,7-10,12-15,17-18H2,1-4H3;2*5,10,15,19-23,34H,6-9,11-14,16-17H2,1-4H3/t2*20-,21-,22-,23-,24+,28+,29-,30-;2*19-,20-,21-,22-,23+,27+,28-,29-/m0000/s1. The summed E-state index contributed by atoms with van der Waals surface area (Å²) in [5, 5.41) is 78.2. The lowest BCUT2D eigenvalue weighted by atomic mass is 9.44. The molecule has 16 saturated carbocycles. The summed E-state index contributed by atoms with van der Waals surface area (Å²) in [6, 6.07) is 24.8. The molecule has 32 atom stereocenters. The fraction of sp³-hybridized carbons (Fsp3) is 0.763. The predicted octanol–water partition coefficient (Wildman–Crippen LogP) is 23.4. The molecule has 0 saturated heterocycles. The topological polar surface area (TPSA) is 272 Å². The van der Waals surface area contributed by atoms with E-state index in [2.05, 4.69) is 161 Å². The first kappa shape index (κ1) is 97.1. The van der Waals surface area contributed by atoms with Gasteiger partial charge in [0, 0.05) is 23.7 Å². The van der Waals surface area contributed by atoms with E-state index in [0.717, 1.165) is 207 Å². The summed E-state index contributed by atoms with van der Waals surface area (Å²) >= 11 is 0. The first-order valence-electron chi connectivity index (χ1n) is 55.7. The molecular formula is C118H168N12O8. The van der Waals surface area contributed by atoms with E-state index >= 15 is 0 Å². The Morgan fingerprint density at radius 2 is 0.587 bits per heavy atom. The number of rotatable bonds is 14. The van der Waals surface area contributed by atoms with Crippen molar-refractivity contribution in [1.82, 2.24) is 60.0 Å². The molecule has 16 aliphatic carbocycles. The third kappa shape index (κ3) is 16.7. The van der Waals surface area contributed by atoms with E-state index in [-0.39, 0.29) is 45.3 Å². The van der Waals surface area contributed by atoms with Gasteiger partial charge >= 0.3 is 0 Å². The van der Waals surface area contributed by atoms with Crippen LogP contribution in [0.1, 0.15) is 350 Å². The van der Waals surface area contributed by atoms with Crippen molar-refractivity contribution in [3.8, 4) is 0 Å². The van der Waals surface area contributed by atoms with E-state index in [1.54, 1.807) is 4.80 Å². The zero-order chi connectivity index (χ0) is 96.9. The molecule has 4 aromatic heterocycles. The fourth-order valence-corrected chi connectivity index (χ4v) is 37.9. The third-order valence-electron chi connectivity index (χ3n) is 45.8. The Morgan fingerprint density at radius 1 is 0.290 bits per heavy atom. The van der Waals surface area contributed by atoms with Crippen LogP contribution in [0.5, 0.6) is 0 Å². The summed E-state index contributed by atoms with van der Waals surface area (Å²) < 4.78 is 5.51. The van der Waals surface area contributed by atoms with E-state index in [1.165, 1.54) is 151 Å². The number of ketones is 4. The maximum absolute atomic E-state index is 13.8. The van der Waals surface area contributed by atoms with Gasteiger partial charge in [-0.3, -0.25) is 19.2 Å². The van der Waals surface area contributed by atoms with Crippen LogP contribution in [0.3, 0.4) is 0 Å². The number of hydrogen-bond acceptors (Lipinski definition) is 16. The minimum atomic E-state index is -0.478. The molecule has 16 aliphatic rings. The predicted molar refractivity (Wildman–Crippen MR) is 542 cm³/mol. The highest BCUT2D eigenvalue weighted by atomic mass is 16.3. The first-order valence-corrected chi connectivity index (χ1v) is 55.7. The Morgan fingerprint density at radius 3 is 0.957 bits per heavy atom. The van der Waals surface area contributed by atoms with Crippen molar-refractivity contribution in [3.63, 3.8) is 0 Å². The lowest BCUT2D eigenvalue weighted by Crippen LogP contribution is -2.55. The van der Waals surface area contributed by atoms with Crippen molar-refractivity contribution in [2.75, 3.05) is 0 Å². The molecule has 0 spiro atoms. The van der Waals surface area contributed by atoms with Crippen LogP contribution in [0.25, 0.3) is 44.1 Å². The quantitative estimate of drug-likeness (QED) is 0.0788. The fourth-order valence-electron chi connectivity index (χ4n) is 37.9. The number of hydrogen-bond donors (Lipinski definition) is 4. The number of carbonyl (C=O) groups is 4. The Hall–Kier alpha value is -7.00. The van der Waals surface area contributed by atoms with E-state index in [0.29, 0.717) is 118 Å². The van der Waals surface area contributed by atoms with Gasteiger partial charge in [-0.1, -0.05) is 109 Å². The largest absolute Gasteiger partial charge is 0.390 e. The minimum Gasteiger partial charge on any atom is -0.390 e. The molecule has 0 unspecified atom stereocenters. The number of aromatic nitrogens is 12. The summed E-state index contributed by atoms with van der Waals surface area (Å²) in [6.07, 6.45) is 43.0. The third-order valence-corrected chi connectivity index (χ3v) is 45.8. The molecule has 4 heterocycles. The van der Waals surface area contributed by atoms with E-state index in [1.807, 2.05) is 78.1 Å². The van der Waals surface area contributed by atoms with E-state index < -0.39 is 22.4 Å². The molecule has 4 N–H and O–H groups in total. The second-order valence-electron chi connectivity index (χ2n) is 53.3. The SMILES string of the molecule is CCc1ccc2c(c1)nnn2CC(=O)[C@H]1CC[C@H]2[C@@H]3CC[C@H]4C[C@](C)(O)CC[C@]4(C)[C@H]3CC[C@]12C.CCc1ccc2nnn(CC(=O)[C@H]3CC[C@H]4[C@@H]5CC[C@H]6C[C@](C)(O)CC[C@]6(C)[C@H]5CC[C@]34C)c2c1.Cc1ccc2nn(CC(=O)[C@H]3CC[C@H]4[C@@H]5CC[C@H]6C[C@](C)(O)CC[C@]6(C)[C@H]5CC[C@]34C)nc2c1.Cc1ccc2nnn(CC(=O)[C@H]3CC[C@H]4[C@@H]5CC[C@H]6C[C@](C)(O)CC[C@]6(C)[C@H]5CC[C@]34C)c2c1. The molecule has 8 aromatic rings. The monoisotopic (exact) mass is 1880 g/mol. The lowest BCUT2D eigenvalue weighted by Gasteiger charge is -2.61. The number of aliphatic hydroxyl groups is 4. The molecule has 0 amide bonds.